The van der Waals surface area contributed by atoms with E-state index in [1.165, 1.54) is 12.1 Å². The van der Waals surface area contributed by atoms with Crippen molar-refractivity contribution in [3.05, 3.63) is 89.7 Å². The summed E-state index contributed by atoms with van der Waals surface area (Å²) in [6.45, 7) is 5.06. The van der Waals surface area contributed by atoms with E-state index in [9.17, 15) is 14.0 Å². The van der Waals surface area contributed by atoms with Crippen molar-refractivity contribution in [2.75, 3.05) is 33.9 Å². The topological polar surface area (TPSA) is 77.5 Å². The number of nitrogens with zero attached hydrogens (tertiary/aromatic N) is 2. The lowest BCUT2D eigenvalue weighted by molar-refractivity contribution is -0.160. The molecule has 2 amide bonds. The van der Waals surface area contributed by atoms with Crippen LogP contribution in [0.15, 0.2) is 72.8 Å². The number of benzene rings is 3. The Morgan fingerprint density at radius 3 is 2.49 bits per heavy atom. The molecule has 0 aromatic heterocycles. The number of rotatable bonds is 13. The van der Waals surface area contributed by atoms with E-state index >= 15 is 0 Å². The molecule has 0 bridgehead atoms. The van der Waals surface area contributed by atoms with Crippen LogP contribution < -0.4 is 14.2 Å². The Bertz CT molecular complexity index is 1330. The normalized spacial score (nSPS) is 16.3. The molecule has 9 heteroatoms. The molecule has 0 N–H and O–H groups in total. The first-order chi connectivity index (χ1) is 19.7. The summed E-state index contributed by atoms with van der Waals surface area (Å²) in [6, 6.07) is 21.1. The van der Waals surface area contributed by atoms with Crippen molar-refractivity contribution >= 4 is 12.0 Å². The number of methoxy groups -OCH3 is 1. The van der Waals surface area contributed by atoms with Crippen molar-refractivity contribution in [2.45, 2.75) is 44.9 Å². The monoisotopic (exact) mass is 564 g/mol. The molecule has 1 heterocycles. The molecule has 1 aliphatic rings. The SMILES string of the molecule is CCOC(=O)C(C)(Cc1ccc(OCCC2CN(Cc3cccc(OC)c3)C(=O)N2C)cc1)Oc1ccccc1F. The molecular formula is C32H37FN2O6. The van der Waals surface area contributed by atoms with Crippen molar-refractivity contribution in [1.29, 1.82) is 0 Å². The van der Waals surface area contributed by atoms with Crippen LogP contribution in [0, 0.1) is 5.82 Å². The van der Waals surface area contributed by atoms with E-state index < -0.39 is 17.4 Å². The van der Waals surface area contributed by atoms with Crippen molar-refractivity contribution in [1.82, 2.24) is 9.80 Å². The number of ether oxygens (including phenoxy) is 4. The Morgan fingerprint density at radius 1 is 1.02 bits per heavy atom. The summed E-state index contributed by atoms with van der Waals surface area (Å²) in [4.78, 5) is 29.2. The second-order valence-electron chi connectivity index (χ2n) is 10.2. The third kappa shape index (κ3) is 7.48. The van der Waals surface area contributed by atoms with Gasteiger partial charge in [-0.25, -0.2) is 14.0 Å². The molecule has 218 valence electrons. The van der Waals surface area contributed by atoms with Crippen LogP contribution in [0.2, 0.25) is 0 Å². The van der Waals surface area contributed by atoms with Crippen LogP contribution in [0.4, 0.5) is 9.18 Å². The van der Waals surface area contributed by atoms with Crippen molar-refractivity contribution in [3.8, 4) is 17.2 Å². The Kier molecular flexibility index (Phi) is 9.70. The van der Waals surface area contributed by atoms with Gasteiger partial charge in [0.05, 0.1) is 26.4 Å². The molecule has 4 rings (SSSR count). The molecule has 41 heavy (non-hydrogen) atoms. The zero-order chi connectivity index (χ0) is 29.4. The van der Waals surface area contributed by atoms with Crippen LogP contribution >= 0.6 is 0 Å². The second-order valence-corrected chi connectivity index (χ2v) is 10.2. The number of likely N-dealkylation sites (N-methyl/N-ethyl adjacent to an activating group) is 1. The molecule has 0 saturated carbocycles. The molecule has 2 atom stereocenters. The minimum atomic E-state index is -1.42. The van der Waals surface area contributed by atoms with E-state index in [1.807, 2.05) is 60.5 Å². The molecule has 3 aromatic rings. The predicted molar refractivity (Wildman–Crippen MR) is 153 cm³/mol. The Hall–Kier alpha value is -4.27. The maximum absolute atomic E-state index is 14.3. The lowest BCUT2D eigenvalue weighted by Crippen LogP contribution is -2.45. The molecule has 1 aliphatic heterocycles. The summed E-state index contributed by atoms with van der Waals surface area (Å²) in [7, 11) is 3.44. The summed E-state index contributed by atoms with van der Waals surface area (Å²) in [5.74, 6) is 0.299. The standard InChI is InChI=1S/C32H37FN2O6/c1-5-39-30(36)32(2,41-29-12-7-6-11-28(29)33)20-23-13-15-26(16-14-23)40-18-17-25-22-35(31(37)34(25)3)21-24-9-8-10-27(19-24)38-4/h6-16,19,25H,5,17-18,20-22H2,1-4H3. The van der Waals surface area contributed by atoms with Crippen molar-refractivity contribution < 1.29 is 32.9 Å². The minimum Gasteiger partial charge on any atom is -0.497 e. The fraction of sp³-hybridized carbons (Fsp3) is 0.375. The van der Waals surface area contributed by atoms with Crippen molar-refractivity contribution in [3.63, 3.8) is 0 Å². The maximum Gasteiger partial charge on any atom is 0.350 e. The van der Waals surface area contributed by atoms with Gasteiger partial charge in [0.1, 0.15) is 11.5 Å². The van der Waals surface area contributed by atoms with Crippen LogP contribution in [0.5, 0.6) is 17.2 Å². The van der Waals surface area contributed by atoms with Crippen LogP contribution in [0.25, 0.3) is 0 Å². The number of carbonyl (C=O) groups is 2. The summed E-state index contributed by atoms with van der Waals surface area (Å²) in [6.07, 6.45) is 0.856. The molecule has 8 nitrogen and oxygen atoms in total. The highest BCUT2D eigenvalue weighted by atomic mass is 19.1. The lowest BCUT2D eigenvalue weighted by atomic mass is 9.96. The maximum atomic E-state index is 14.3. The van der Waals surface area contributed by atoms with Gasteiger partial charge in [-0.3, -0.25) is 0 Å². The predicted octanol–water partition coefficient (Wildman–Crippen LogP) is 5.48. The van der Waals surface area contributed by atoms with Gasteiger partial charge in [-0.05, 0) is 61.4 Å². The van der Waals surface area contributed by atoms with Gasteiger partial charge in [0.25, 0.3) is 0 Å². The molecule has 0 spiro atoms. The minimum absolute atomic E-state index is 0.00979. The number of carbonyl (C=O) groups excluding carboxylic acids is 2. The van der Waals surface area contributed by atoms with E-state index in [0.29, 0.717) is 31.9 Å². The quantitative estimate of drug-likeness (QED) is 0.256. The molecule has 1 fully saturated rings. The fourth-order valence-electron chi connectivity index (χ4n) is 4.85. The number of hydrogen-bond donors (Lipinski definition) is 0. The van der Waals surface area contributed by atoms with Crippen molar-refractivity contribution in [2.24, 2.45) is 0 Å². The van der Waals surface area contributed by atoms with Gasteiger partial charge in [0.15, 0.2) is 11.6 Å². The van der Waals surface area contributed by atoms with E-state index in [4.69, 9.17) is 18.9 Å². The van der Waals surface area contributed by atoms with Crippen LogP contribution in [0.3, 0.4) is 0 Å². The number of hydrogen-bond acceptors (Lipinski definition) is 6. The van der Waals surface area contributed by atoms with Crippen LogP contribution in [-0.4, -0.2) is 67.4 Å². The first kappa shape index (κ1) is 29.7. The summed E-state index contributed by atoms with van der Waals surface area (Å²) in [5.41, 5.74) is 0.400. The van der Waals surface area contributed by atoms with Gasteiger partial charge in [-0.15, -0.1) is 0 Å². The molecular weight excluding hydrogens is 527 g/mol. The van der Waals surface area contributed by atoms with E-state index in [2.05, 4.69) is 0 Å². The van der Waals surface area contributed by atoms with E-state index in [0.717, 1.165) is 16.9 Å². The molecule has 0 aliphatic carbocycles. The third-order valence-electron chi connectivity index (χ3n) is 7.12. The lowest BCUT2D eigenvalue weighted by Gasteiger charge is -2.28. The fourth-order valence-corrected chi connectivity index (χ4v) is 4.85. The van der Waals surface area contributed by atoms with Gasteiger partial charge < -0.3 is 28.7 Å². The average molecular weight is 565 g/mol. The smallest absolute Gasteiger partial charge is 0.350 e. The zero-order valence-electron chi connectivity index (χ0n) is 24.0. The average Bonchev–Trinajstić information content (AvgIpc) is 3.23. The third-order valence-corrected chi connectivity index (χ3v) is 7.12. The number of halogens is 1. The van der Waals surface area contributed by atoms with Crippen LogP contribution in [0.1, 0.15) is 31.4 Å². The molecule has 1 saturated heterocycles. The van der Waals surface area contributed by atoms with E-state index in [-0.39, 0.29) is 30.9 Å². The molecule has 3 aromatic carbocycles. The Balaban J connectivity index is 1.32. The number of para-hydroxylation sites is 1. The summed E-state index contributed by atoms with van der Waals surface area (Å²) < 4.78 is 36.6. The van der Waals surface area contributed by atoms with Gasteiger partial charge >= 0.3 is 12.0 Å². The first-order valence-electron chi connectivity index (χ1n) is 13.7. The van der Waals surface area contributed by atoms with Gasteiger partial charge in [0, 0.05) is 33.0 Å². The zero-order valence-corrected chi connectivity index (χ0v) is 24.0. The second kappa shape index (κ2) is 13.4. The van der Waals surface area contributed by atoms with E-state index in [1.54, 1.807) is 38.0 Å². The summed E-state index contributed by atoms with van der Waals surface area (Å²) in [5, 5.41) is 0. The van der Waals surface area contributed by atoms with Gasteiger partial charge in [-0.1, -0.05) is 36.4 Å². The number of urea groups is 1. The summed E-state index contributed by atoms with van der Waals surface area (Å²) >= 11 is 0. The van der Waals surface area contributed by atoms with Gasteiger partial charge in [-0.2, -0.15) is 0 Å². The highest BCUT2D eigenvalue weighted by Gasteiger charge is 2.38. The molecule has 0 radical (unpaired) electrons. The largest absolute Gasteiger partial charge is 0.497 e. The van der Waals surface area contributed by atoms with Crippen LogP contribution in [-0.2, 0) is 22.5 Å². The number of amides is 2. The molecule has 2 unspecified atom stereocenters. The Morgan fingerprint density at radius 2 is 1.78 bits per heavy atom. The number of esters is 1. The van der Waals surface area contributed by atoms with Gasteiger partial charge in [0.2, 0.25) is 5.60 Å². The first-order valence-corrected chi connectivity index (χ1v) is 13.7. The highest BCUT2D eigenvalue weighted by molar-refractivity contribution is 5.80. The highest BCUT2D eigenvalue weighted by Crippen LogP contribution is 2.27. The Labute approximate surface area is 240 Å².